The molecule has 4 N–H and O–H groups in total. The number of carboxylic acid groups (broad SMARTS) is 1. The second-order valence-electron chi connectivity index (χ2n) is 6.78. The smallest absolute Gasteiger partial charge is 0.306 e. The lowest BCUT2D eigenvalue weighted by Crippen LogP contribution is -2.28. The summed E-state index contributed by atoms with van der Waals surface area (Å²) in [7, 11) is 0. The van der Waals surface area contributed by atoms with Gasteiger partial charge in [0.15, 0.2) is 5.82 Å². The SMILES string of the molecule is O=C(O)C[C@H](O)CNCc1ccc(NC(=O)c2cccc(-c3ccccc3)c2Cl)nn1. The van der Waals surface area contributed by atoms with Crippen molar-refractivity contribution >= 4 is 29.3 Å². The highest BCUT2D eigenvalue weighted by atomic mass is 35.5. The fraction of sp³-hybridized carbons (Fsp3) is 0.182. The van der Waals surface area contributed by atoms with Gasteiger partial charge in [0.25, 0.3) is 5.91 Å². The summed E-state index contributed by atoms with van der Waals surface area (Å²) in [6.07, 6.45) is -1.32. The van der Waals surface area contributed by atoms with E-state index in [1.54, 1.807) is 24.3 Å². The number of carboxylic acids is 1. The van der Waals surface area contributed by atoms with Gasteiger partial charge in [-0.25, -0.2) is 0 Å². The zero-order valence-electron chi connectivity index (χ0n) is 16.5. The molecular formula is C22H21ClN4O4. The Labute approximate surface area is 183 Å². The van der Waals surface area contributed by atoms with Gasteiger partial charge < -0.3 is 20.8 Å². The lowest BCUT2D eigenvalue weighted by molar-refractivity contribution is -0.139. The van der Waals surface area contributed by atoms with Gasteiger partial charge >= 0.3 is 5.97 Å². The molecule has 3 aromatic rings. The summed E-state index contributed by atoms with van der Waals surface area (Å²) < 4.78 is 0. The monoisotopic (exact) mass is 440 g/mol. The minimum absolute atomic E-state index is 0.114. The molecule has 2 aromatic carbocycles. The number of aliphatic carboxylic acids is 1. The summed E-state index contributed by atoms with van der Waals surface area (Å²) in [5.74, 6) is -1.20. The van der Waals surface area contributed by atoms with Crippen molar-refractivity contribution in [1.82, 2.24) is 15.5 Å². The first-order valence-corrected chi connectivity index (χ1v) is 9.90. The first-order valence-electron chi connectivity index (χ1n) is 9.52. The first-order chi connectivity index (χ1) is 14.9. The third-order valence-corrected chi connectivity index (χ3v) is 4.79. The third kappa shape index (κ3) is 6.32. The highest BCUT2D eigenvalue weighted by Gasteiger charge is 2.15. The molecule has 0 radical (unpaired) electrons. The average molecular weight is 441 g/mol. The van der Waals surface area contributed by atoms with E-state index in [0.717, 1.165) is 11.1 Å². The molecule has 1 aromatic heterocycles. The molecule has 0 spiro atoms. The van der Waals surface area contributed by atoms with E-state index in [2.05, 4.69) is 20.8 Å². The number of rotatable bonds is 9. The number of hydrogen-bond donors (Lipinski definition) is 4. The number of carbonyl (C=O) groups excluding carboxylic acids is 1. The number of benzene rings is 2. The molecule has 160 valence electrons. The number of aromatic nitrogens is 2. The van der Waals surface area contributed by atoms with Crippen LogP contribution in [0.2, 0.25) is 5.02 Å². The van der Waals surface area contributed by atoms with Crippen LogP contribution in [-0.4, -0.2) is 44.9 Å². The quantitative estimate of drug-likeness (QED) is 0.403. The molecule has 1 heterocycles. The standard InChI is InChI=1S/C22H21ClN4O4/c23-21-17(14-5-2-1-3-6-14)7-4-8-18(21)22(31)25-19-10-9-15(26-27-19)12-24-13-16(28)11-20(29)30/h1-10,16,24,28H,11-13H2,(H,29,30)(H,25,27,31)/t16-/m0/s1. The minimum atomic E-state index is -1.07. The Morgan fingerprint density at radius 1 is 1.00 bits per heavy atom. The largest absolute Gasteiger partial charge is 0.481 e. The fourth-order valence-electron chi connectivity index (χ4n) is 2.89. The Morgan fingerprint density at radius 3 is 2.45 bits per heavy atom. The number of anilines is 1. The van der Waals surface area contributed by atoms with Crippen molar-refractivity contribution in [2.45, 2.75) is 19.1 Å². The number of halogens is 1. The predicted octanol–water partition coefficient (Wildman–Crippen LogP) is 2.97. The molecule has 31 heavy (non-hydrogen) atoms. The van der Waals surface area contributed by atoms with Gasteiger partial charge in [-0.1, -0.05) is 54.1 Å². The van der Waals surface area contributed by atoms with Gasteiger partial charge in [-0.15, -0.1) is 5.10 Å². The van der Waals surface area contributed by atoms with Crippen LogP contribution in [0.1, 0.15) is 22.5 Å². The van der Waals surface area contributed by atoms with Gasteiger partial charge in [0.05, 0.1) is 28.8 Å². The highest BCUT2D eigenvalue weighted by Crippen LogP contribution is 2.30. The van der Waals surface area contributed by atoms with Crippen LogP contribution in [0.4, 0.5) is 5.82 Å². The van der Waals surface area contributed by atoms with E-state index in [0.29, 0.717) is 22.8 Å². The molecule has 0 saturated heterocycles. The summed E-state index contributed by atoms with van der Waals surface area (Å²) in [4.78, 5) is 23.2. The molecule has 0 aliphatic rings. The maximum Gasteiger partial charge on any atom is 0.306 e. The summed E-state index contributed by atoms with van der Waals surface area (Å²) in [5, 5.41) is 32.1. The fourth-order valence-corrected chi connectivity index (χ4v) is 3.21. The summed E-state index contributed by atoms with van der Waals surface area (Å²) in [6, 6.07) is 18.1. The van der Waals surface area contributed by atoms with Crippen LogP contribution in [0, 0.1) is 0 Å². The molecular weight excluding hydrogens is 420 g/mol. The molecule has 0 saturated carbocycles. The van der Waals surface area contributed by atoms with E-state index >= 15 is 0 Å². The molecule has 0 bridgehead atoms. The van der Waals surface area contributed by atoms with Crippen molar-refractivity contribution in [2.75, 3.05) is 11.9 Å². The van der Waals surface area contributed by atoms with Crippen molar-refractivity contribution < 1.29 is 19.8 Å². The Balaban J connectivity index is 1.61. The number of nitrogens with zero attached hydrogens (tertiary/aromatic N) is 2. The molecule has 1 amide bonds. The third-order valence-electron chi connectivity index (χ3n) is 4.39. The summed E-state index contributed by atoms with van der Waals surface area (Å²) in [5.41, 5.74) is 2.56. The van der Waals surface area contributed by atoms with Crippen LogP contribution in [0.25, 0.3) is 11.1 Å². The second-order valence-corrected chi connectivity index (χ2v) is 7.16. The molecule has 3 rings (SSSR count). The lowest BCUT2D eigenvalue weighted by atomic mass is 10.0. The molecule has 0 aliphatic heterocycles. The Hall–Kier alpha value is -3.33. The number of nitrogens with one attached hydrogen (secondary N) is 2. The minimum Gasteiger partial charge on any atom is -0.481 e. The number of aliphatic hydroxyl groups is 1. The van der Waals surface area contributed by atoms with Crippen molar-refractivity contribution in [3.63, 3.8) is 0 Å². The van der Waals surface area contributed by atoms with Gasteiger partial charge in [0.2, 0.25) is 0 Å². The normalized spacial score (nSPS) is 11.7. The summed E-state index contributed by atoms with van der Waals surface area (Å²) in [6.45, 7) is 0.408. The molecule has 0 fully saturated rings. The van der Waals surface area contributed by atoms with Crippen LogP contribution < -0.4 is 10.6 Å². The molecule has 0 unspecified atom stereocenters. The first kappa shape index (κ1) is 22.4. The molecule has 0 aliphatic carbocycles. The Morgan fingerprint density at radius 2 is 1.77 bits per heavy atom. The van der Waals surface area contributed by atoms with Crippen molar-refractivity contribution in [2.24, 2.45) is 0 Å². The van der Waals surface area contributed by atoms with Gasteiger partial charge in [0.1, 0.15) is 0 Å². The van der Waals surface area contributed by atoms with E-state index in [9.17, 15) is 14.7 Å². The van der Waals surface area contributed by atoms with Crippen molar-refractivity contribution in [3.05, 3.63) is 76.9 Å². The number of hydrogen-bond acceptors (Lipinski definition) is 6. The van der Waals surface area contributed by atoms with Crippen LogP contribution in [0.3, 0.4) is 0 Å². The van der Waals surface area contributed by atoms with E-state index in [1.807, 2.05) is 36.4 Å². The van der Waals surface area contributed by atoms with Gasteiger partial charge in [-0.3, -0.25) is 9.59 Å². The Bertz CT molecular complexity index is 1050. The van der Waals surface area contributed by atoms with Gasteiger partial charge in [-0.05, 0) is 23.8 Å². The average Bonchev–Trinajstić information content (AvgIpc) is 2.75. The maximum absolute atomic E-state index is 12.7. The van der Waals surface area contributed by atoms with Crippen LogP contribution in [0.15, 0.2) is 60.7 Å². The van der Waals surface area contributed by atoms with E-state index in [-0.39, 0.29) is 18.8 Å². The zero-order valence-corrected chi connectivity index (χ0v) is 17.2. The summed E-state index contributed by atoms with van der Waals surface area (Å²) >= 11 is 6.48. The van der Waals surface area contributed by atoms with Gasteiger partial charge in [0, 0.05) is 18.7 Å². The molecule has 9 heteroatoms. The predicted molar refractivity (Wildman–Crippen MR) is 117 cm³/mol. The zero-order chi connectivity index (χ0) is 22.2. The number of carbonyl (C=O) groups is 2. The van der Waals surface area contributed by atoms with E-state index < -0.39 is 18.0 Å². The van der Waals surface area contributed by atoms with E-state index in [4.69, 9.17) is 16.7 Å². The second kappa shape index (κ2) is 10.6. The Kier molecular flexibility index (Phi) is 7.66. The van der Waals surface area contributed by atoms with Crippen LogP contribution in [-0.2, 0) is 11.3 Å². The van der Waals surface area contributed by atoms with E-state index in [1.165, 1.54) is 0 Å². The number of amides is 1. The van der Waals surface area contributed by atoms with Crippen LogP contribution in [0.5, 0.6) is 0 Å². The molecule has 8 nitrogen and oxygen atoms in total. The number of aliphatic hydroxyl groups excluding tert-OH is 1. The highest BCUT2D eigenvalue weighted by molar-refractivity contribution is 6.37. The van der Waals surface area contributed by atoms with Crippen molar-refractivity contribution in [1.29, 1.82) is 0 Å². The maximum atomic E-state index is 12.7. The topological polar surface area (TPSA) is 124 Å². The van der Waals surface area contributed by atoms with Crippen LogP contribution >= 0.6 is 11.6 Å². The van der Waals surface area contributed by atoms with Crippen molar-refractivity contribution in [3.8, 4) is 11.1 Å². The lowest BCUT2D eigenvalue weighted by Gasteiger charge is -2.11. The molecule has 1 atom stereocenters. The van der Waals surface area contributed by atoms with Gasteiger partial charge in [-0.2, -0.15) is 5.10 Å².